The van der Waals surface area contributed by atoms with Crippen LogP contribution < -0.4 is 9.47 Å². The van der Waals surface area contributed by atoms with Crippen LogP contribution in [0.4, 0.5) is 0 Å². The van der Waals surface area contributed by atoms with E-state index in [0.29, 0.717) is 11.5 Å². The molecule has 0 saturated carbocycles. The largest absolute Gasteiger partial charge is 0.497 e. The van der Waals surface area contributed by atoms with Gasteiger partial charge in [-0.05, 0) is 48.5 Å². The molecule has 158 valence electrons. The van der Waals surface area contributed by atoms with Crippen molar-refractivity contribution in [1.29, 1.82) is 0 Å². The summed E-state index contributed by atoms with van der Waals surface area (Å²) < 4.78 is 14.3. The zero-order valence-electron chi connectivity index (χ0n) is 15.9. The van der Waals surface area contributed by atoms with Gasteiger partial charge >= 0.3 is 17.9 Å². The third kappa shape index (κ3) is 4.45. The molecule has 2 aromatic carbocycles. The van der Waals surface area contributed by atoms with Gasteiger partial charge in [0.25, 0.3) is 5.60 Å². The molecule has 3 N–H and O–H groups in total. The number of rotatable bonds is 8. The van der Waals surface area contributed by atoms with E-state index in [1.54, 1.807) is 0 Å². The lowest BCUT2D eigenvalue weighted by atomic mass is 9.87. The van der Waals surface area contributed by atoms with Crippen LogP contribution in [0.25, 0.3) is 0 Å². The molecular formula is C20H18O10. The number of ketones is 1. The Bertz CT molecular complexity index is 949. The number of esters is 2. The third-order valence-corrected chi connectivity index (χ3v) is 4.15. The standard InChI is InChI=1S/C20H18O10/c1-28-13-7-3-11(4-8-13)15(21)20(27,16(22)17(23)24)19(26)30-18(25)12-5-9-14(29-2)10-6-12/h3-10,16,22,27H,1-2H3,(H,23,24). The summed E-state index contributed by atoms with van der Waals surface area (Å²) in [4.78, 5) is 48.6. The molecule has 0 saturated heterocycles. The summed E-state index contributed by atoms with van der Waals surface area (Å²) in [7, 11) is 2.76. The van der Waals surface area contributed by atoms with Crippen LogP contribution in [-0.4, -0.2) is 64.9 Å². The van der Waals surface area contributed by atoms with Crippen LogP contribution in [0.3, 0.4) is 0 Å². The van der Waals surface area contributed by atoms with Gasteiger partial charge in [-0.25, -0.2) is 14.4 Å². The predicted molar refractivity (Wildman–Crippen MR) is 99.3 cm³/mol. The summed E-state index contributed by atoms with van der Waals surface area (Å²) >= 11 is 0. The van der Waals surface area contributed by atoms with Gasteiger partial charge in [0.15, 0.2) is 6.10 Å². The number of aliphatic hydroxyl groups excluding tert-OH is 1. The Morgan fingerprint density at radius 2 is 1.27 bits per heavy atom. The predicted octanol–water partition coefficient (Wildman–Crippen LogP) is 0.447. The van der Waals surface area contributed by atoms with Crippen molar-refractivity contribution in [3.05, 3.63) is 59.7 Å². The Kier molecular flexibility index (Phi) is 6.88. The van der Waals surface area contributed by atoms with Crippen molar-refractivity contribution in [2.75, 3.05) is 14.2 Å². The summed E-state index contributed by atoms with van der Waals surface area (Å²) in [6, 6.07) is 10.2. The van der Waals surface area contributed by atoms with Crippen LogP contribution in [0.1, 0.15) is 20.7 Å². The average molecular weight is 418 g/mol. The monoisotopic (exact) mass is 418 g/mol. The third-order valence-electron chi connectivity index (χ3n) is 4.15. The van der Waals surface area contributed by atoms with Crippen LogP contribution in [-0.2, 0) is 14.3 Å². The number of hydrogen-bond donors (Lipinski definition) is 3. The lowest BCUT2D eigenvalue weighted by Gasteiger charge is -2.26. The molecule has 0 aliphatic heterocycles. The first-order valence-electron chi connectivity index (χ1n) is 8.37. The van der Waals surface area contributed by atoms with Crippen molar-refractivity contribution in [3.8, 4) is 11.5 Å². The van der Waals surface area contributed by atoms with E-state index in [0.717, 1.165) is 12.1 Å². The van der Waals surface area contributed by atoms with Crippen molar-refractivity contribution < 1.29 is 48.7 Å². The van der Waals surface area contributed by atoms with Crippen LogP contribution in [0.15, 0.2) is 48.5 Å². The Morgan fingerprint density at radius 1 is 0.833 bits per heavy atom. The maximum atomic E-state index is 12.7. The number of carboxylic acids is 1. The topological polar surface area (TPSA) is 157 Å². The number of methoxy groups -OCH3 is 2. The minimum absolute atomic E-state index is 0.145. The molecule has 0 spiro atoms. The Labute approximate surface area is 170 Å². The quantitative estimate of drug-likeness (QED) is 0.312. The van der Waals surface area contributed by atoms with Crippen molar-refractivity contribution in [1.82, 2.24) is 0 Å². The van der Waals surface area contributed by atoms with Crippen molar-refractivity contribution >= 4 is 23.7 Å². The number of carboxylic acid groups (broad SMARTS) is 1. The van der Waals surface area contributed by atoms with Gasteiger partial charge in [0, 0.05) is 5.56 Å². The highest BCUT2D eigenvalue weighted by atomic mass is 16.6. The summed E-state index contributed by atoms with van der Waals surface area (Å²) in [5, 5.41) is 29.5. The molecule has 0 fully saturated rings. The van der Waals surface area contributed by atoms with E-state index in [1.807, 2.05) is 0 Å². The van der Waals surface area contributed by atoms with Gasteiger partial charge < -0.3 is 29.5 Å². The number of carbonyl (C=O) groups excluding carboxylic acids is 3. The van der Waals surface area contributed by atoms with E-state index < -0.39 is 35.4 Å². The fourth-order valence-corrected chi connectivity index (χ4v) is 2.42. The molecule has 10 nitrogen and oxygen atoms in total. The van der Waals surface area contributed by atoms with E-state index in [1.165, 1.54) is 50.6 Å². The first kappa shape index (κ1) is 22.5. The van der Waals surface area contributed by atoms with Gasteiger partial charge in [-0.15, -0.1) is 0 Å². The number of aliphatic carboxylic acids is 1. The Hall–Kier alpha value is -3.76. The molecule has 2 rings (SSSR count). The average Bonchev–Trinajstić information content (AvgIpc) is 2.77. The molecule has 0 amide bonds. The van der Waals surface area contributed by atoms with Crippen LogP contribution in [0, 0.1) is 0 Å². The lowest BCUT2D eigenvalue weighted by Crippen LogP contribution is -2.59. The number of benzene rings is 2. The van der Waals surface area contributed by atoms with Gasteiger partial charge in [-0.3, -0.25) is 4.79 Å². The normalized spacial score (nSPS) is 13.5. The van der Waals surface area contributed by atoms with Gasteiger partial charge in [-0.2, -0.15) is 0 Å². The van der Waals surface area contributed by atoms with Gasteiger partial charge in [0.2, 0.25) is 5.78 Å². The minimum atomic E-state index is -3.58. The number of ether oxygens (including phenoxy) is 3. The Morgan fingerprint density at radius 3 is 1.67 bits per heavy atom. The van der Waals surface area contributed by atoms with Crippen LogP contribution in [0.5, 0.6) is 11.5 Å². The molecule has 0 aliphatic rings. The highest BCUT2D eigenvalue weighted by Crippen LogP contribution is 2.23. The lowest BCUT2D eigenvalue weighted by molar-refractivity contribution is -0.175. The zero-order chi connectivity index (χ0) is 22.5. The maximum Gasteiger partial charge on any atom is 0.357 e. The molecule has 2 unspecified atom stereocenters. The fourth-order valence-electron chi connectivity index (χ4n) is 2.42. The molecule has 0 aliphatic carbocycles. The second-order valence-electron chi connectivity index (χ2n) is 5.97. The molecule has 0 heterocycles. The van der Waals surface area contributed by atoms with E-state index in [4.69, 9.17) is 14.6 Å². The molecule has 2 aromatic rings. The number of carbonyl (C=O) groups is 4. The van der Waals surface area contributed by atoms with E-state index in [9.17, 15) is 29.4 Å². The van der Waals surface area contributed by atoms with Crippen molar-refractivity contribution in [2.24, 2.45) is 0 Å². The second-order valence-corrected chi connectivity index (χ2v) is 5.97. The fraction of sp³-hybridized carbons (Fsp3) is 0.200. The number of hydrogen-bond acceptors (Lipinski definition) is 9. The smallest absolute Gasteiger partial charge is 0.357 e. The minimum Gasteiger partial charge on any atom is -0.497 e. The first-order chi connectivity index (χ1) is 14.1. The first-order valence-corrected chi connectivity index (χ1v) is 8.37. The molecular weight excluding hydrogens is 400 g/mol. The molecule has 0 aromatic heterocycles. The number of aliphatic hydroxyl groups is 2. The summed E-state index contributed by atoms with van der Waals surface area (Å²) in [5.74, 6) is -6.03. The van der Waals surface area contributed by atoms with Crippen molar-refractivity contribution in [3.63, 3.8) is 0 Å². The highest BCUT2D eigenvalue weighted by molar-refractivity contribution is 6.19. The van der Waals surface area contributed by atoms with Crippen molar-refractivity contribution in [2.45, 2.75) is 11.7 Å². The van der Waals surface area contributed by atoms with Crippen LogP contribution >= 0.6 is 0 Å². The zero-order valence-corrected chi connectivity index (χ0v) is 15.9. The molecule has 10 heteroatoms. The van der Waals surface area contributed by atoms with Gasteiger partial charge in [-0.1, -0.05) is 0 Å². The highest BCUT2D eigenvalue weighted by Gasteiger charge is 2.56. The number of Topliss-reactive ketones (excluding diaryl/α,β-unsaturated/α-hetero) is 1. The van der Waals surface area contributed by atoms with E-state index in [-0.39, 0.29) is 11.1 Å². The van der Waals surface area contributed by atoms with Gasteiger partial charge in [0.1, 0.15) is 11.5 Å². The van der Waals surface area contributed by atoms with E-state index >= 15 is 0 Å². The maximum absolute atomic E-state index is 12.7. The van der Waals surface area contributed by atoms with E-state index in [2.05, 4.69) is 4.74 Å². The molecule has 30 heavy (non-hydrogen) atoms. The molecule has 2 atom stereocenters. The molecule has 0 radical (unpaired) electrons. The Balaban J connectivity index is 2.35. The summed E-state index contributed by atoms with van der Waals surface area (Å²) in [5.41, 5.74) is -4.05. The molecule has 0 bridgehead atoms. The van der Waals surface area contributed by atoms with Crippen LogP contribution in [0.2, 0.25) is 0 Å². The summed E-state index contributed by atoms with van der Waals surface area (Å²) in [6.45, 7) is 0. The summed E-state index contributed by atoms with van der Waals surface area (Å²) in [6.07, 6.45) is -2.90. The second kappa shape index (κ2) is 9.16. The van der Waals surface area contributed by atoms with Gasteiger partial charge in [0.05, 0.1) is 19.8 Å². The SMILES string of the molecule is COc1ccc(C(=O)OC(=O)C(O)(C(=O)c2ccc(OC)cc2)C(O)C(=O)O)cc1.